The number of rotatable bonds is 5. The van der Waals surface area contributed by atoms with Gasteiger partial charge in [0, 0.05) is 17.4 Å². The van der Waals surface area contributed by atoms with Crippen LogP contribution in [0.25, 0.3) is 0 Å². The SMILES string of the molecule is O=C([O-])CCCC1(C(=O)[O-])CCCCCC1.[NH4+].[NH4+]. The second-order valence-electron chi connectivity index (χ2n) is 4.71. The normalized spacial score (nSPS) is 17.8. The summed E-state index contributed by atoms with van der Waals surface area (Å²) < 4.78 is 0. The molecule has 0 bridgehead atoms. The summed E-state index contributed by atoms with van der Waals surface area (Å²) in [5.41, 5.74) is -0.786. The lowest BCUT2D eigenvalue weighted by molar-refractivity contribution is -0.321. The Morgan fingerprint density at radius 2 is 1.44 bits per heavy atom. The second kappa shape index (κ2) is 8.88. The van der Waals surface area contributed by atoms with E-state index in [9.17, 15) is 19.8 Å². The van der Waals surface area contributed by atoms with Crippen LogP contribution in [-0.2, 0) is 9.59 Å². The average molecular weight is 262 g/mol. The third-order valence-corrected chi connectivity index (χ3v) is 3.53. The summed E-state index contributed by atoms with van der Waals surface area (Å²) >= 11 is 0. The van der Waals surface area contributed by atoms with Gasteiger partial charge in [-0.05, 0) is 32.1 Å². The lowest BCUT2D eigenvalue weighted by Gasteiger charge is -2.34. The maximum absolute atomic E-state index is 11.2. The van der Waals surface area contributed by atoms with Crippen molar-refractivity contribution in [2.75, 3.05) is 0 Å². The smallest absolute Gasteiger partial charge is 0.0476 e. The fraction of sp³-hybridized carbons (Fsp3) is 0.833. The number of carbonyl (C=O) groups is 2. The number of hydrogen-bond donors (Lipinski definition) is 2. The second-order valence-corrected chi connectivity index (χ2v) is 4.71. The monoisotopic (exact) mass is 262 g/mol. The van der Waals surface area contributed by atoms with E-state index < -0.39 is 17.4 Å². The van der Waals surface area contributed by atoms with E-state index in [-0.39, 0.29) is 18.7 Å². The molecule has 6 nitrogen and oxygen atoms in total. The van der Waals surface area contributed by atoms with Gasteiger partial charge >= 0.3 is 0 Å². The van der Waals surface area contributed by atoms with Gasteiger partial charge in [-0.3, -0.25) is 0 Å². The largest absolute Gasteiger partial charge is 0.550 e. The van der Waals surface area contributed by atoms with E-state index >= 15 is 0 Å². The number of aliphatic carboxylic acids is 2. The van der Waals surface area contributed by atoms with Crippen molar-refractivity contribution in [2.24, 2.45) is 5.41 Å². The number of hydrogen-bond acceptors (Lipinski definition) is 4. The maximum atomic E-state index is 11.2. The minimum absolute atomic E-state index is 0. The molecule has 1 rings (SSSR count). The van der Waals surface area contributed by atoms with Gasteiger partial charge in [0.2, 0.25) is 0 Å². The molecule has 1 saturated carbocycles. The molecule has 8 N–H and O–H groups in total. The van der Waals surface area contributed by atoms with Crippen molar-refractivity contribution in [1.82, 2.24) is 12.3 Å². The molecule has 0 aliphatic heterocycles. The van der Waals surface area contributed by atoms with Crippen molar-refractivity contribution >= 4 is 11.9 Å². The maximum Gasteiger partial charge on any atom is 0.0476 e. The molecule has 1 fully saturated rings. The van der Waals surface area contributed by atoms with Gasteiger partial charge in [-0.15, -0.1) is 0 Å². The first kappa shape index (κ1) is 19.2. The Bertz CT molecular complexity index is 261. The van der Waals surface area contributed by atoms with Gasteiger partial charge in [0.15, 0.2) is 0 Å². The Hall–Kier alpha value is -1.14. The first-order chi connectivity index (χ1) is 7.57. The zero-order valence-corrected chi connectivity index (χ0v) is 11.5. The molecule has 0 unspecified atom stereocenters. The molecule has 0 saturated heterocycles. The first-order valence-electron chi connectivity index (χ1n) is 5.98. The van der Waals surface area contributed by atoms with Crippen LogP contribution in [0.2, 0.25) is 0 Å². The first-order valence-corrected chi connectivity index (χ1v) is 5.98. The van der Waals surface area contributed by atoms with Crippen molar-refractivity contribution in [3.05, 3.63) is 0 Å². The van der Waals surface area contributed by atoms with E-state index in [0.717, 1.165) is 25.7 Å². The third-order valence-electron chi connectivity index (χ3n) is 3.53. The number of carboxylic acid groups (broad SMARTS) is 2. The van der Waals surface area contributed by atoms with Crippen molar-refractivity contribution < 1.29 is 19.8 Å². The molecule has 0 aromatic carbocycles. The summed E-state index contributed by atoms with van der Waals surface area (Å²) in [5.74, 6) is -2.12. The minimum atomic E-state index is -1.11. The predicted molar refractivity (Wildman–Crippen MR) is 66.0 cm³/mol. The number of carbonyl (C=O) groups excluding carboxylic acids is 2. The number of quaternary nitrogens is 2. The standard InChI is InChI=1S/C12H20O4.2H3N/c13-10(14)6-5-9-12(11(15)16)7-3-1-2-4-8-12;;/h1-9H2,(H,13,14)(H,15,16);2*1H3. The molecule has 0 aromatic heterocycles. The molecule has 1 aliphatic rings. The Labute approximate surface area is 108 Å². The summed E-state index contributed by atoms with van der Waals surface area (Å²) in [7, 11) is 0. The molecule has 0 heterocycles. The van der Waals surface area contributed by atoms with Gasteiger partial charge in [0.25, 0.3) is 0 Å². The fourth-order valence-electron chi connectivity index (χ4n) is 2.53. The Morgan fingerprint density at radius 1 is 0.944 bits per heavy atom. The molecule has 0 radical (unpaired) electrons. The van der Waals surface area contributed by atoms with Gasteiger partial charge < -0.3 is 32.1 Å². The van der Waals surface area contributed by atoms with Crippen LogP contribution in [-0.4, -0.2) is 11.9 Å². The quantitative estimate of drug-likeness (QED) is 0.701. The zero-order valence-electron chi connectivity index (χ0n) is 11.5. The van der Waals surface area contributed by atoms with E-state index in [4.69, 9.17) is 0 Å². The minimum Gasteiger partial charge on any atom is -0.550 e. The van der Waals surface area contributed by atoms with Crippen LogP contribution in [0.4, 0.5) is 0 Å². The van der Waals surface area contributed by atoms with Gasteiger partial charge in [0.1, 0.15) is 0 Å². The highest BCUT2D eigenvalue weighted by molar-refractivity contribution is 5.72. The van der Waals surface area contributed by atoms with Crippen LogP contribution in [0.1, 0.15) is 57.8 Å². The fourth-order valence-corrected chi connectivity index (χ4v) is 2.53. The van der Waals surface area contributed by atoms with Crippen LogP contribution < -0.4 is 22.5 Å². The van der Waals surface area contributed by atoms with E-state index in [0.29, 0.717) is 25.7 Å². The van der Waals surface area contributed by atoms with Gasteiger partial charge in [-0.25, -0.2) is 0 Å². The van der Waals surface area contributed by atoms with Crippen LogP contribution in [0.3, 0.4) is 0 Å². The molecule has 108 valence electrons. The van der Waals surface area contributed by atoms with E-state index in [1.54, 1.807) is 0 Å². The van der Waals surface area contributed by atoms with Crippen LogP contribution >= 0.6 is 0 Å². The van der Waals surface area contributed by atoms with E-state index in [1.807, 2.05) is 0 Å². The van der Waals surface area contributed by atoms with Crippen molar-refractivity contribution in [3.8, 4) is 0 Å². The summed E-state index contributed by atoms with van der Waals surface area (Å²) in [6, 6.07) is 0. The topological polar surface area (TPSA) is 153 Å². The van der Waals surface area contributed by atoms with Crippen LogP contribution in [0, 0.1) is 5.41 Å². The highest BCUT2D eigenvalue weighted by Crippen LogP contribution is 2.38. The molecular formula is C12H26N2O4. The molecule has 0 atom stereocenters. The van der Waals surface area contributed by atoms with Crippen LogP contribution in [0.15, 0.2) is 0 Å². The van der Waals surface area contributed by atoms with E-state index in [1.165, 1.54) is 0 Å². The Balaban J connectivity index is 0. The summed E-state index contributed by atoms with van der Waals surface area (Å²) in [4.78, 5) is 21.5. The average Bonchev–Trinajstić information content (AvgIpc) is 2.43. The third kappa shape index (κ3) is 5.46. The Morgan fingerprint density at radius 3 is 1.83 bits per heavy atom. The van der Waals surface area contributed by atoms with Crippen molar-refractivity contribution in [3.63, 3.8) is 0 Å². The predicted octanol–water partition coefficient (Wildman–Crippen LogP) is 0.750. The molecule has 6 heteroatoms. The number of carboxylic acids is 2. The lowest BCUT2D eigenvalue weighted by atomic mass is 9.76. The van der Waals surface area contributed by atoms with Crippen LogP contribution in [0.5, 0.6) is 0 Å². The lowest BCUT2D eigenvalue weighted by Crippen LogP contribution is -2.42. The van der Waals surface area contributed by atoms with Gasteiger partial charge in [-0.2, -0.15) is 0 Å². The summed E-state index contributed by atoms with van der Waals surface area (Å²) in [5, 5.41) is 21.5. The Kier molecular flexibility index (Phi) is 9.47. The molecule has 0 amide bonds. The van der Waals surface area contributed by atoms with Gasteiger partial charge in [0.05, 0.1) is 0 Å². The van der Waals surface area contributed by atoms with Crippen molar-refractivity contribution in [1.29, 1.82) is 0 Å². The summed E-state index contributed by atoms with van der Waals surface area (Å²) in [6.45, 7) is 0. The molecule has 18 heavy (non-hydrogen) atoms. The highest BCUT2D eigenvalue weighted by Gasteiger charge is 2.31. The summed E-state index contributed by atoms with van der Waals surface area (Å²) in [6.07, 6.45) is 5.91. The molecule has 0 spiro atoms. The molecular weight excluding hydrogens is 236 g/mol. The van der Waals surface area contributed by atoms with Gasteiger partial charge in [-0.1, -0.05) is 25.7 Å². The molecule has 0 aromatic rings. The zero-order chi connectivity index (χ0) is 12.0. The highest BCUT2D eigenvalue weighted by atomic mass is 16.4. The van der Waals surface area contributed by atoms with E-state index in [2.05, 4.69) is 0 Å². The van der Waals surface area contributed by atoms with Crippen molar-refractivity contribution in [2.45, 2.75) is 57.8 Å². The molecule has 1 aliphatic carbocycles.